The molecule has 0 fully saturated rings. The Bertz CT molecular complexity index is 610. The molecule has 0 saturated heterocycles. The topological polar surface area (TPSA) is 38.1 Å². The summed E-state index contributed by atoms with van der Waals surface area (Å²) in [6.07, 6.45) is -0.0937. The summed E-state index contributed by atoms with van der Waals surface area (Å²) in [5.41, 5.74) is 3.79. The Balaban J connectivity index is 2.30. The van der Waals surface area contributed by atoms with Gasteiger partial charge in [0.05, 0.1) is 22.0 Å². The molecule has 0 saturated carbocycles. The van der Waals surface area contributed by atoms with Crippen LogP contribution in [0.5, 0.6) is 0 Å². The first kappa shape index (κ1) is 14.6. The van der Waals surface area contributed by atoms with Crippen molar-refractivity contribution in [3.63, 3.8) is 0 Å². The van der Waals surface area contributed by atoms with Crippen LogP contribution in [0.15, 0.2) is 22.7 Å². The molecule has 1 unspecified atom stereocenters. The van der Waals surface area contributed by atoms with Gasteiger partial charge < -0.3 is 5.11 Å². The molecule has 0 aliphatic heterocycles. The summed E-state index contributed by atoms with van der Waals surface area (Å²) in [5.74, 6) is 0. The largest absolute Gasteiger partial charge is 0.388 e. The van der Waals surface area contributed by atoms with Crippen molar-refractivity contribution in [1.29, 1.82) is 0 Å². The number of aliphatic hydroxyl groups excluding tert-OH is 1. The normalized spacial score (nSPS) is 12.7. The van der Waals surface area contributed by atoms with Gasteiger partial charge in [0.1, 0.15) is 0 Å². The SMILES string of the molecule is Cc1ccc(Cl)cc1C(O)Cc1c(Br)c(C)nn1C. The molecule has 0 amide bonds. The number of nitrogens with zero attached hydrogens (tertiary/aromatic N) is 2. The van der Waals surface area contributed by atoms with E-state index in [1.54, 1.807) is 4.68 Å². The van der Waals surface area contributed by atoms with Gasteiger partial charge in [0.15, 0.2) is 0 Å². The van der Waals surface area contributed by atoms with E-state index in [1.807, 2.05) is 39.1 Å². The number of halogens is 2. The summed E-state index contributed by atoms with van der Waals surface area (Å²) < 4.78 is 2.75. The predicted molar refractivity (Wildman–Crippen MR) is 80.5 cm³/mol. The molecule has 1 atom stereocenters. The second-order valence-corrected chi connectivity index (χ2v) is 5.92. The molecule has 1 aromatic carbocycles. The zero-order valence-corrected chi connectivity index (χ0v) is 13.5. The molecule has 0 radical (unpaired) electrons. The Hall–Kier alpha value is -0.840. The van der Waals surface area contributed by atoms with Crippen LogP contribution in [0, 0.1) is 13.8 Å². The molecule has 0 aliphatic carbocycles. The van der Waals surface area contributed by atoms with Gasteiger partial charge in [-0.15, -0.1) is 0 Å². The smallest absolute Gasteiger partial charge is 0.0848 e. The van der Waals surface area contributed by atoms with Gasteiger partial charge in [0.2, 0.25) is 0 Å². The van der Waals surface area contributed by atoms with Crippen LogP contribution in [0.1, 0.15) is 28.6 Å². The summed E-state index contributed by atoms with van der Waals surface area (Å²) in [6, 6.07) is 5.57. The standard InChI is InChI=1S/C14H16BrClN2O/c1-8-4-5-10(16)6-11(8)13(19)7-12-14(15)9(2)17-18(12)3/h4-6,13,19H,7H2,1-3H3. The zero-order valence-electron chi connectivity index (χ0n) is 11.1. The van der Waals surface area contributed by atoms with E-state index in [9.17, 15) is 5.11 Å². The van der Waals surface area contributed by atoms with Crippen LogP contribution < -0.4 is 0 Å². The highest BCUT2D eigenvalue weighted by Gasteiger charge is 2.17. The van der Waals surface area contributed by atoms with Gasteiger partial charge in [0, 0.05) is 18.5 Å². The second-order valence-electron chi connectivity index (χ2n) is 4.69. The average Bonchev–Trinajstić information content (AvgIpc) is 2.59. The lowest BCUT2D eigenvalue weighted by atomic mass is 10.00. The van der Waals surface area contributed by atoms with E-state index in [1.165, 1.54) is 0 Å². The van der Waals surface area contributed by atoms with E-state index in [-0.39, 0.29) is 0 Å². The Morgan fingerprint density at radius 3 is 2.68 bits per heavy atom. The van der Waals surface area contributed by atoms with Crippen molar-refractivity contribution in [2.45, 2.75) is 26.4 Å². The van der Waals surface area contributed by atoms with Gasteiger partial charge in [-0.1, -0.05) is 17.7 Å². The summed E-state index contributed by atoms with van der Waals surface area (Å²) >= 11 is 9.51. The number of hydrogen-bond acceptors (Lipinski definition) is 2. The highest BCUT2D eigenvalue weighted by molar-refractivity contribution is 9.10. The summed E-state index contributed by atoms with van der Waals surface area (Å²) in [7, 11) is 1.88. The van der Waals surface area contributed by atoms with Crippen LogP contribution in [0.4, 0.5) is 0 Å². The Labute approximate surface area is 126 Å². The molecule has 0 bridgehead atoms. The molecule has 102 valence electrons. The molecule has 0 aliphatic rings. The molecule has 1 N–H and O–H groups in total. The minimum absolute atomic E-state index is 0.499. The van der Waals surface area contributed by atoms with Crippen LogP contribution in [-0.2, 0) is 13.5 Å². The van der Waals surface area contributed by atoms with Crippen LogP contribution in [0.2, 0.25) is 5.02 Å². The highest BCUT2D eigenvalue weighted by atomic mass is 79.9. The van der Waals surface area contributed by atoms with Gasteiger partial charge >= 0.3 is 0 Å². The number of aryl methyl sites for hydroxylation is 3. The van der Waals surface area contributed by atoms with Crippen molar-refractivity contribution in [1.82, 2.24) is 9.78 Å². The van der Waals surface area contributed by atoms with Crippen LogP contribution in [0.25, 0.3) is 0 Å². The Morgan fingerprint density at radius 2 is 2.11 bits per heavy atom. The maximum atomic E-state index is 10.4. The van der Waals surface area contributed by atoms with Crippen molar-refractivity contribution < 1.29 is 5.11 Å². The van der Waals surface area contributed by atoms with Gasteiger partial charge in [0.25, 0.3) is 0 Å². The lowest BCUT2D eigenvalue weighted by Crippen LogP contribution is -2.08. The monoisotopic (exact) mass is 342 g/mol. The number of rotatable bonds is 3. The van der Waals surface area contributed by atoms with Crippen molar-refractivity contribution in [3.05, 3.63) is 50.2 Å². The molecule has 1 aromatic heterocycles. The fourth-order valence-electron chi connectivity index (χ4n) is 2.17. The zero-order chi connectivity index (χ0) is 14.2. The van der Waals surface area contributed by atoms with Crippen LogP contribution in [0.3, 0.4) is 0 Å². The number of benzene rings is 1. The van der Waals surface area contributed by atoms with Crippen molar-refractivity contribution >= 4 is 27.5 Å². The molecular formula is C14H16BrClN2O. The summed E-state index contributed by atoms with van der Waals surface area (Å²) in [6.45, 7) is 3.91. The maximum absolute atomic E-state index is 10.4. The van der Waals surface area contributed by atoms with E-state index in [4.69, 9.17) is 11.6 Å². The molecule has 19 heavy (non-hydrogen) atoms. The minimum atomic E-state index is -0.593. The van der Waals surface area contributed by atoms with Gasteiger partial charge in [-0.3, -0.25) is 4.68 Å². The predicted octanol–water partition coefficient (Wildman–Crippen LogP) is 3.73. The van der Waals surface area contributed by atoms with E-state index < -0.39 is 6.10 Å². The Morgan fingerprint density at radius 1 is 1.42 bits per heavy atom. The first-order valence-electron chi connectivity index (χ1n) is 6.02. The Kier molecular flexibility index (Phi) is 4.33. The molecule has 3 nitrogen and oxygen atoms in total. The lowest BCUT2D eigenvalue weighted by molar-refractivity contribution is 0.175. The average molecular weight is 344 g/mol. The molecule has 1 heterocycles. The van der Waals surface area contributed by atoms with Crippen LogP contribution in [-0.4, -0.2) is 14.9 Å². The summed E-state index contributed by atoms with van der Waals surface area (Å²) in [4.78, 5) is 0. The molecule has 0 spiro atoms. The fourth-order valence-corrected chi connectivity index (χ4v) is 2.84. The van der Waals surface area contributed by atoms with Crippen molar-refractivity contribution in [2.75, 3.05) is 0 Å². The quantitative estimate of drug-likeness (QED) is 0.922. The molecule has 2 rings (SSSR count). The van der Waals surface area contributed by atoms with Crippen molar-refractivity contribution in [3.8, 4) is 0 Å². The number of aliphatic hydroxyl groups is 1. The third kappa shape index (κ3) is 3.02. The second kappa shape index (κ2) is 5.65. The van der Waals surface area contributed by atoms with E-state index in [2.05, 4.69) is 21.0 Å². The lowest BCUT2D eigenvalue weighted by Gasteiger charge is -2.14. The van der Waals surface area contributed by atoms with Gasteiger partial charge in [-0.2, -0.15) is 5.10 Å². The minimum Gasteiger partial charge on any atom is -0.388 e. The third-order valence-corrected chi connectivity index (χ3v) is 4.52. The molecular weight excluding hydrogens is 328 g/mol. The fraction of sp³-hybridized carbons (Fsp3) is 0.357. The highest BCUT2D eigenvalue weighted by Crippen LogP contribution is 2.28. The van der Waals surface area contributed by atoms with Crippen LogP contribution >= 0.6 is 27.5 Å². The maximum Gasteiger partial charge on any atom is 0.0848 e. The van der Waals surface area contributed by atoms with E-state index in [0.29, 0.717) is 11.4 Å². The van der Waals surface area contributed by atoms with E-state index in [0.717, 1.165) is 27.0 Å². The number of hydrogen-bond donors (Lipinski definition) is 1. The molecule has 5 heteroatoms. The van der Waals surface area contributed by atoms with Gasteiger partial charge in [-0.25, -0.2) is 0 Å². The first-order valence-corrected chi connectivity index (χ1v) is 7.19. The van der Waals surface area contributed by atoms with Gasteiger partial charge in [-0.05, 0) is 53.0 Å². The first-order chi connectivity index (χ1) is 8.90. The third-order valence-electron chi connectivity index (χ3n) is 3.25. The van der Waals surface area contributed by atoms with E-state index >= 15 is 0 Å². The van der Waals surface area contributed by atoms with Crippen molar-refractivity contribution in [2.24, 2.45) is 7.05 Å². The number of aromatic nitrogens is 2. The summed E-state index contributed by atoms with van der Waals surface area (Å²) in [5, 5.41) is 15.4. The molecule has 2 aromatic rings.